The van der Waals surface area contributed by atoms with Crippen molar-refractivity contribution in [2.24, 2.45) is 0 Å². The summed E-state index contributed by atoms with van der Waals surface area (Å²) in [5.41, 5.74) is 5.10. The minimum Gasteiger partial charge on any atom is -0.494 e. The van der Waals surface area contributed by atoms with Crippen molar-refractivity contribution in [2.45, 2.75) is 59.4 Å². The van der Waals surface area contributed by atoms with Gasteiger partial charge in [-0.15, -0.1) is 0 Å². The molecule has 1 fully saturated rings. The summed E-state index contributed by atoms with van der Waals surface area (Å²) in [5, 5.41) is 2.29. The van der Waals surface area contributed by atoms with Crippen molar-refractivity contribution in [3.63, 3.8) is 0 Å². The minimum absolute atomic E-state index is 0.0731. The highest BCUT2D eigenvalue weighted by atomic mass is 32.2. The van der Waals surface area contributed by atoms with E-state index in [2.05, 4.69) is 50.0 Å². The van der Waals surface area contributed by atoms with Crippen LogP contribution in [0.2, 0.25) is 0 Å². The van der Waals surface area contributed by atoms with Crippen LogP contribution in [0.4, 0.5) is 16.2 Å². The zero-order valence-corrected chi connectivity index (χ0v) is 23.2. The number of nitrogens with one attached hydrogen (secondary N) is 1. The molecule has 2 aromatic rings. The van der Waals surface area contributed by atoms with Gasteiger partial charge in [-0.05, 0) is 118 Å². The topological polar surface area (TPSA) is 79.0 Å². The molecule has 0 bridgehead atoms. The van der Waals surface area contributed by atoms with Crippen LogP contribution in [0.25, 0.3) is 6.08 Å². The Labute approximate surface area is 223 Å². The third-order valence-corrected chi connectivity index (χ3v) is 7.91. The first-order chi connectivity index (χ1) is 17.5. The Morgan fingerprint density at radius 1 is 1.19 bits per heavy atom. The van der Waals surface area contributed by atoms with E-state index in [1.165, 1.54) is 11.3 Å². The molecule has 0 radical (unpaired) electrons. The van der Waals surface area contributed by atoms with E-state index in [1.807, 2.05) is 13.8 Å². The molecule has 2 aliphatic rings. The van der Waals surface area contributed by atoms with E-state index in [1.54, 1.807) is 30.3 Å². The van der Waals surface area contributed by atoms with Gasteiger partial charge in [0.05, 0.1) is 11.5 Å². The van der Waals surface area contributed by atoms with Crippen molar-refractivity contribution in [1.29, 1.82) is 0 Å². The maximum absolute atomic E-state index is 13.1. The van der Waals surface area contributed by atoms with Crippen LogP contribution in [0.1, 0.15) is 63.6 Å². The fourth-order valence-electron chi connectivity index (χ4n) is 5.33. The monoisotopic (exact) mass is 521 g/mol. The second-order valence-corrected chi connectivity index (χ2v) is 11.2. The average molecular weight is 522 g/mol. The lowest BCUT2D eigenvalue weighted by molar-refractivity contribution is -0.127. The summed E-state index contributed by atoms with van der Waals surface area (Å²) in [4.78, 5) is 42.1. The maximum Gasteiger partial charge on any atom is 0.294 e. The van der Waals surface area contributed by atoms with Gasteiger partial charge in [-0.25, -0.2) is 0 Å². The number of fused-ring (bicyclic) bond motifs is 1. The van der Waals surface area contributed by atoms with Crippen LogP contribution >= 0.6 is 11.8 Å². The molecular formula is C29H35N3O4S. The van der Waals surface area contributed by atoms with Crippen molar-refractivity contribution in [1.82, 2.24) is 4.90 Å². The fraction of sp³-hybridized carbons (Fsp3) is 0.414. The molecule has 37 heavy (non-hydrogen) atoms. The molecular weight excluding hydrogens is 486 g/mol. The van der Waals surface area contributed by atoms with Gasteiger partial charge in [0.2, 0.25) is 5.91 Å². The first-order valence-corrected chi connectivity index (χ1v) is 13.6. The lowest BCUT2D eigenvalue weighted by atomic mass is 9.79. The van der Waals surface area contributed by atoms with Gasteiger partial charge in [0, 0.05) is 23.5 Å². The molecule has 0 aromatic heterocycles. The van der Waals surface area contributed by atoms with Crippen LogP contribution < -0.4 is 15.0 Å². The number of carbonyl (C=O) groups excluding carboxylic acids is 3. The van der Waals surface area contributed by atoms with Gasteiger partial charge >= 0.3 is 0 Å². The van der Waals surface area contributed by atoms with Crippen LogP contribution in [0.15, 0.2) is 41.3 Å². The first-order valence-electron chi connectivity index (χ1n) is 12.7. The Hall–Kier alpha value is -3.26. The zero-order valence-electron chi connectivity index (χ0n) is 22.4. The fourth-order valence-corrected chi connectivity index (χ4v) is 6.16. The van der Waals surface area contributed by atoms with E-state index in [4.69, 9.17) is 4.74 Å². The Morgan fingerprint density at radius 2 is 1.89 bits per heavy atom. The number of hydrogen-bond acceptors (Lipinski definition) is 6. The van der Waals surface area contributed by atoms with Gasteiger partial charge < -0.3 is 15.0 Å². The molecule has 8 heteroatoms. The molecule has 4 rings (SSSR count). The van der Waals surface area contributed by atoms with Crippen molar-refractivity contribution < 1.29 is 19.1 Å². The lowest BCUT2D eigenvalue weighted by Crippen LogP contribution is -2.48. The number of benzene rings is 2. The first kappa shape index (κ1) is 26.8. The smallest absolute Gasteiger partial charge is 0.294 e. The largest absolute Gasteiger partial charge is 0.494 e. The SMILES string of the molecule is CCOc1ccc(NC(=O)CN2C(=O)S/C(=C/c3cc4c(cc3C)N(CC)C(C)(C)CC4C)C2=O)cc1. The van der Waals surface area contributed by atoms with E-state index >= 15 is 0 Å². The molecule has 2 heterocycles. The van der Waals surface area contributed by atoms with Gasteiger partial charge in [-0.1, -0.05) is 6.92 Å². The molecule has 2 aromatic carbocycles. The average Bonchev–Trinajstić information content (AvgIpc) is 3.08. The number of imide groups is 1. The summed E-state index contributed by atoms with van der Waals surface area (Å²) >= 11 is 0.876. The number of rotatable bonds is 7. The Kier molecular flexibility index (Phi) is 7.69. The molecule has 1 atom stereocenters. The summed E-state index contributed by atoms with van der Waals surface area (Å²) in [7, 11) is 0. The highest BCUT2D eigenvalue weighted by molar-refractivity contribution is 8.18. The van der Waals surface area contributed by atoms with Crippen LogP contribution in [0.5, 0.6) is 5.75 Å². The normalized spacial score (nSPS) is 19.8. The van der Waals surface area contributed by atoms with Crippen molar-refractivity contribution in [3.8, 4) is 5.75 Å². The third kappa shape index (κ3) is 5.54. The number of thioether (sulfide) groups is 1. The van der Waals surface area contributed by atoms with Crippen LogP contribution in [0, 0.1) is 6.92 Å². The molecule has 0 saturated carbocycles. The van der Waals surface area contributed by atoms with E-state index in [-0.39, 0.29) is 12.1 Å². The van der Waals surface area contributed by atoms with E-state index in [0.717, 1.165) is 40.8 Å². The summed E-state index contributed by atoms with van der Waals surface area (Å²) in [5.74, 6) is 0.198. The molecule has 1 unspecified atom stereocenters. The molecule has 196 valence electrons. The third-order valence-electron chi connectivity index (χ3n) is 7.00. The number of amides is 3. The van der Waals surface area contributed by atoms with Crippen LogP contribution in [0.3, 0.4) is 0 Å². The number of carbonyl (C=O) groups is 3. The van der Waals surface area contributed by atoms with Crippen LogP contribution in [-0.2, 0) is 9.59 Å². The summed E-state index contributed by atoms with van der Waals surface area (Å²) in [6.45, 7) is 14.0. The molecule has 1 N–H and O–H groups in total. The number of nitrogens with zero attached hydrogens (tertiary/aromatic N) is 2. The summed E-state index contributed by atoms with van der Waals surface area (Å²) in [6.07, 6.45) is 2.82. The molecule has 3 amide bonds. The number of aryl methyl sites for hydroxylation is 1. The van der Waals surface area contributed by atoms with Gasteiger partial charge in [0.1, 0.15) is 12.3 Å². The number of anilines is 2. The highest BCUT2D eigenvalue weighted by Crippen LogP contribution is 2.45. The van der Waals surface area contributed by atoms with Crippen molar-refractivity contribution in [2.75, 3.05) is 29.9 Å². The number of ether oxygens (including phenoxy) is 1. The summed E-state index contributed by atoms with van der Waals surface area (Å²) in [6, 6.07) is 11.3. The standard InChI is InChI=1S/C29H35N3O4S/c1-7-32-24-13-18(3)20(14-23(24)19(4)16-29(32,5)6)15-25-27(34)31(28(35)37-25)17-26(33)30-21-9-11-22(12-10-21)36-8-2/h9-15,19H,7-8,16-17H2,1-6H3,(H,30,33)/b25-15+. The molecule has 2 aliphatic heterocycles. The van der Waals surface area contributed by atoms with Gasteiger partial charge in [-0.3, -0.25) is 19.3 Å². The molecule has 0 aliphatic carbocycles. The van der Waals surface area contributed by atoms with Crippen molar-refractivity contribution in [3.05, 3.63) is 58.0 Å². The van der Waals surface area contributed by atoms with Gasteiger partial charge in [-0.2, -0.15) is 0 Å². The second kappa shape index (κ2) is 10.6. The predicted molar refractivity (Wildman–Crippen MR) is 150 cm³/mol. The number of hydrogen-bond donors (Lipinski definition) is 1. The van der Waals surface area contributed by atoms with Gasteiger partial charge in [0.15, 0.2) is 0 Å². The quantitative estimate of drug-likeness (QED) is 0.438. The Morgan fingerprint density at radius 3 is 2.54 bits per heavy atom. The Balaban J connectivity index is 1.51. The van der Waals surface area contributed by atoms with E-state index in [0.29, 0.717) is 28.9 Å². The second-order valence-electron chi connectivity index (χ2n) is 10.2. The lowest BCUT2D eigenvalue weighted by Gasteiger charge is -2.47. The maximum atomic E-state index is 13.1. The molecule has 7 nitrogen and oxygen atoms in total. The highest BCUT2D eigenvalue weighted by Gasteiger charge is 2.38. The van der Waals surface area contributed by atoms with Gasteiger partial charge in [0.25, 0.3) is 11.1 Å². The Bertz CT molecular complexity index is 1250. The predicted octanol–water partition coefficient (Wildman–Crippen LogP) is 6.18. The molecule has 0 spiro atoms. The van der Waals surface area contributed by atoms with Crippen molar-refractivity contribution >= 4 is 46.3 Å². The minimum atomic E-state index is -0.446. The zero-order chi connectivity index (χ0) is 26.9. The van der Waals surface area contributed by atoms with E-state index in [9.17, 15) is 14.4 Å². The molecule has 1 saturated heterocycles. The van der Waals surface area contributed by atoms with E-state index < -0.39 is 17.1 Å². The summed E-state index contributed by atoms with van der Waals surface area (Å²) < 4.78 is 5.41. The van der Waals surface area contributed by atoms with Crippen LogP contribution in [-0.4, -0.2) is 47.2 Å².